The number of amides is 1. The highest BCUT2D eigenvalue weighted by Crippen LogP contribution is 2.22. The van der Waals surface area contributed by atoms with Crippen molar-refractivity contribution in [2.75, 3.05) is 19.6 Å². The van der Waals surface area contributed by atoms with Gasteiger partial charge in [0.2, 0.25) is 5.91 Å². The Morgan fingerprint density at radius 1 is 1.52 bits per heavy atom. The van der Waals surface area contributed by atoms with Crippen molar-refractivity contribution in [1.29, 1.82) is 0 Å². The van der Waals surface area contributed by atoms with Crippen molar-refractivity contribution in [3.63, 3.8) is 0 Å². The van der Waals surface area contributed by atoms with Gasteiger partial charge in [-0.25, -0.2) is 0 Å². The Bertz CT molecular complexity index is 486. The largest absolute Gasteiger partial charge is 0.401 e. The molecule has 5 nitrogen and oxygen atoms in total. The van der Waals surface area contributed by atoms with Crippen LogP contribution in [0.5, 0.6) is 0 Å². The smallest absolute Gasteiger partial charge is 0.350 e. The maximum Gasteiger partial charge on any atom is 0.401 e. The number of aryl methyl sites for hydroxylation is 1. The quantitative estimate of drug-likeness (QED) is 0.895. The van der Waals surface area contributed by atoms with E-state index in [9.17, 15) is 18.0 Å². The monoisotopic (exact) mass is 304 g/mol. The lowest BCUT2D eigenvalue weighted by molar-refractivity contribution is -0.144. The number of carbonyl (C=O) groups excluding carboxylic acids is 1. The van der Waals surface area contributed by atoms with Crippen molar-refractivity contribution in [2.45, 2.75) is 32.6 Å². The average Bonchev–Trinajstić information content (AvgIpc) is 3.02. The Kier molecular flexibility index (Phi) is 4.87. The van der Waals surface area contributed by atoms with Crippen LogP contribution in [-0.4, -0.2) is 46.4 Å². The molecule has 1 atom stereocenters. The summed E-state index contributed by atoms with van der Waals surface area (Å²) in [5, 5.41) is 6.97. The molecule has 1 aromatic rings. The molecule has 21 heavy (non-hydrogen) atoms. The number of carbonyl (C=O) groups is 1. The molecule has 1 amide bonds. The SMILES string of the molecule is CCn1ccc(CNC(=O)C2CCN(CC(F)(F)F)C2)n1. The Morgan fingerprint density at radius 3 is 2.90 bits per heavy atom. The normalized spacial score (nSPS) is 19.9. The van der Waals surface area contributed by atoms with Gasteiger partial charge < -0.3 is 5.32 Å². The summed E-state index contributed by atoms with van der Waals surface area (Å²) in [5.41, 5.74) is 0.746. The maximum atomic E-state index is 12.3. The summed E-state index contributed by atoms with van der Waals surface area (Å²) in [7, 11) is 0. The molecule has 1 aromatic heterocycles. The lowest BCUT2D eigenvalue weighted by Gasteiger charge is -2.17. The predicted octanol–water partition coefficient (Wildman–Crippen LogP) is 1.40. The van der Waals surface area contributed by atoms with Gasteiger partial charge in [-0.1, -0.05) is 0 Å². The van der Waals surface area contributed by atoms with E-state index >= 15 is 0 Å². The molecular formula is C13H19F3N4O. The Morgan fingerprint density at radius 2 is 2.29 bits per heavy atom. The van der Waals surface area contributed by atoms with E-state index in [1.165, 1.54) is 4.90 Å². The number of alkyl halides is 3. The van der Waals surface area contributed by atoms with E-state index in [2.05, 4.69) is 10.4 Å². The number of likely N-dealkylation sites (tertiary alicyclic amines) is 1. The molecule has 1 aliphatic heterocycles. The molecule has 0 radical (unpaired) electrons. The standard InChI is InChI=1S/C13H19F3N4O/c1-2-20-6-4-11(18-20)7-17-12(21)10-3-5-19(8-10)9-13(14,15)16/h4,6,10H,2-3,5,7-9H2,1H3,(H,17,21). The lowest BCUT2D eigenvalue weighted by atomic mass is 10.1. The summed E-state index contributed by atoms with van der Waals surface area (Å²) in [6.45, 7) is 2.54. The fourth-order valence-electron chi connectivity index (χ4n) is 2.44. The third-order valence-corrected chi connectivity index (χ3v) is 3.51. The molecule has 8 heteroatoms. The van der Waals surface area contributed by atoms with Gasteiger partial charge in [-0.15, -0.1) is 0 Å². The third-order valence-electron chi connectivity index (χ3n) is 3.51. The number of hydrogen-bond donors (Lipinski definition) is 1. The average molecular weight is 304 g/mol. The zero-order valence-corrected chi connectivity index (χ0v) is 11.9. The van der Waals surface area contributed by atoms with E-state index in [1.807, 2.05) is 19.2 Å². The van der Waals surface area contributed by atoms with Crippen molar-refractivity contribution in [1.82, 2.24) is 20.0 Å². The van der Waals surface area contributed by atoms with Crippen LogP contribution in [0.1, 0.15) is 19.0 Å². The van der Waals surface area contributed by atoms with Crippen LogP contribution < -0.4 is 5.32 Å². The molecule has 0 aliphatic carbocycles. The first-order valence-electron chi connectivity index (χ1n) is 6.96. The molecule has 0 spiro atoms. The van der Waals surface area contributed by atoms with E-state index in [4.69, 9.17) is 0 Å². The minimum Gasteiger partial charge on any atom is -0.350 e. The zero-order valence-electron chi connectivity index (χ0n) is 11.9. The van der Waals surface area contributed by atoms with Crippen molar-refractivity contribution in [3.8, 4) is 0 Å². The molecule has 1 unspecified atom stereocenters. The number of rotatable bonds is 5. The van der Waals surface area contributed by atoms with Gasteiger partial charge in [0.1, 0.15) is 0 Å². The third kappa shape index (κ3) is 4.73. The molecule has 1 fully saturated rings. The molecule has 1 aliphatic rings. The van der Waals surface area contributed by atoms with Crippen molar-refractivity contribution in [3.05, 3.63) is 18.0 Å². The fourth-order valence-corrected chi connectivity index (χ4v) is 2.44. The molecule has 0 saturated carbocycles. The summed E-state index contributed by atoms with van der Waals surface area (Å²) < 4.78 is 38.6. The summed E-state index contributed by atoms with van der Waals surface area (Å²) in [6, 6.07) is 1.81. The van der Waals surface area contributed by atoms with Crippen LogP contribution in [0, 0.1) is 5.92 Å². The second-order valence-corrected chi connectivity index (χ2v) is 5.22. The molecule has 2 rings (SSSR count). The molecule has 0 aromatic carbocycles. The Balaban J connectivity index is 1.76. The molecule has 118 valence electrons. The van der Waals surface area contributed by atoms with Crippen LogP contribution in [0.25, 0.3) is 0 Å². The molecule has 2 heterocycles. The van der Waals surface area contributed by atoms with Crippen LogP contribution in [0.2, 0.25) is 0 Å². The number of halogens is 3. The van der Waals surface area contributed by atoms with Gasteiger partial charge in [0, 0.05) is 19.3 Å². The highest BCUT2D eigenvalue weighted by Gasteiger charge is 2.36. The summed E-state index contributed by atoms with van der Waals surface area (Å²) in [4.78, 5) is 13.2. The van der Waals surface area contributed by atoms with Crippen molar-refractivity contribution >= 4 is 5.91 Å². The van der Waals surface area contributed by atoms with Gasteiger partial charge in [0.15, 0.2) is 0 Å². The van der Waals surface area contributed by atoms with Gasteiger partial charge in [-0.3, -0.25) is 14.4 Å². The first-order valence-corrected chi connectivity index (χ1v) is 6.96. The van der Waals surface area contributed by atoms with Gasteiger partial charge in [0.25, 0.3) is 0 Å². The Hall–Kier alpha value is -1.57. The number of hydrogen-bond acceptors (Lipinski definition) is 3. The van der Waals surface area contributed by atoms with Crippen molar-refractivity contribution < 1.29 is 18.0 Å². The Labute approximate surface area is 121 Å². The second kappa shape index (κ2) is 6.46. The summed E-state index contributed by atoms with van der Waals surface area (Å²) in [6.07, 6.45) is -1.92. The van der Waals surface area contributed by atoms with E-state index < -0.39 is 12.7 Å². The first-order chi connectivity index (χ1) is 9.87. The second-order valence-electron chi connectivity index (χ2n) is 5.22. The van der Waals surface area contributed by atoms with Gasteiger partial charge in [0.05, 0.1) is 24.7 Å². The zero-order chi connectivity index (χ0) is 15.5. The maximum absolute atomic E-state index is 12.3. The highest BCUT2D eigenvalue weighted by atomic mass is 19.4. The van der Waals surface area contributed by atoms with Crippen molar-refractivity contribution in [2.24, 2.45) is 5.92 Å². The van der Waals surface area contributed by atoms with Crippen LogP contribution in [0.4, 0.5) is 13.2 Å². The molecular weight excluding hydrogens is 285 g/mol. The van der Waals surface area contributed by atoms with Crippen LogP contribution in [-0.2, 0) is 17.9 Å². The van der Waals surface area contributed by atoms with Gasteiger partial charge in [-0.2, -0.15) is 18.3 Å². The van der Waals surface area contributed by atoms with E-state index in [0.717, 1.165) is 12.2 Å². The van der Waals surface area contributed by atoms with Crippen LogP contribution >= 0.6 is 0 Å². The highest BCUT2D eigenvalue weighted by molar-refractivity contribution is 5.79. The fraction of sp³-hybridized carbons (Fsp3) is 0.692. The molecule has 0 bridgehead atoms. The minimum absolute atomic E-state index is 0.161. The predicted molar refractivity (Wildman–Crippen MR) is 70.3 cm³/mol. The lowest BCUT2D eigenvalue weighted by Crippen LogP contribution is -2.35. The van der Waals surface area contributed by atoms with E-state index in [-0.39, 0.29) is 18.4 Å². The summed E-state index contributed by atoms with van der Waals surface area (Å²) >= 11 is 0. The minimum atomic E-state index is -4.21. The van der Waals surface area contributed by atoms with Crippen LogP contribution in [0.3, 0.4) is 0 Å². The number of nitrogens with zero attached hydrogens (tertiary/aromatic N) is 3. The topological polar surface area (TPSA) is 50.2 Å². The van der Waals surface area contributed by atoms with Gasteiger partial charge >= 0.3 is 6.18 Å². The van der Waals surface area contributed by atoms with Crippen LogP contribution in [0.15, 0.2) is 12.3 Å². The van der Waals surface area contributed by atoms with E-state index in [0.29, 0.717) is 19.5 Å². The summed E-state index contributed by atoms with van der Waals surface area (Å²) in [5.74, 6) is -0.577. The van der Waals surface area contributed by atoms with Gasteiger partial charge in [-0.05, 0) is 26.0 Å². The molecule has 1 N–H and O–H groups in total. The number of aromatic nitrogens is 2. The first kappa shape index (κ1) is 15.8. The van der Waals surface area contributed by atoms with E-state index in [1.54, 1.807) is 4.68 Å². The number of nitrogens with one attached hydrogen (secondary N) is 1. The molecule has 1 saturated heterocycles.